The van der Waals surface area contributed by atoms with Gasteiger partial charge in [0, 0.05) is 23.1 Å². The number of aromatic nitrogens is 2. The van der Waals surface area contributed by atoms with E-state index in [0.29, 0.717) is 31.3 Å². The van der Waals surface area contributed by atoms with Crippen LogP contribution in [0.25, 0.3) is 11.4 Å². The molecule has 1 aliphatic rings. The van der Waals surface area contributed by atoms with Crippen LogP contribution in [0.2, 0.25) is 0 Å². The minimum Gasteiger partial charge on any atom is -0.354 e. The van der Waals surface area contributed by atoms with Crippen LogP contribution in [0.3, 0.4) is 0 Å². The average Bonchev–Trinajstić information content (AvgIpc) is 2.87. The van der Waals surface area contributed by atoms with Crippen molar-refractivity contribution in [2.75, 3.05) is 19.6 Å². The summed E-state index contributed by atoms with van der Waals surface area (Å²) < 4.78 is 6.21. The number of hydrogen-bond donors (Lipinski definition) is 1. The van der Waals surface area contributed by atoms with Gasteiger partial charge in [0.15, 0.2) is 0 Å². The third-order valence-corrected chi connectivity index (χ3v) is 3.52. The smallest absolute Gasteiger partial charge is 0.241 e. The Bertz CT molecular complexity index is 628. The Morgan fingerprint density at radius 3 is 3.15 bits per heavy atom. The minimum atomic E-state index is 0.0305. The minimum absolute atomic E-state index is 0.0305. The zero-order valence-corrected chi connectivity index (χ0v) is 12.3. The standard InChI is InChI=1S/C13H13BrN4O2/c14-10-3-1-2-9(6-10)13-16-12(20-17-13)8-18-5-4-15-11(19)7-18/h1-3,6H,4-5,7-8H2,(H,15,19). The zero-order valence-electron chi connectivity index (χ0n) is 10.7. The first-order valence-corrected chi connectivity index (χ1v) is 7.07. The summed E-state index contributed by atoms with van der Waals surface area (Å²) in [4.78, 5) is 17.7. The second-order valence-corrected chi connectivity index (χ2v) is 5.50. The molecular formula is C13H13BrN4O2. The third-order valence-electron chi connectivity index (χ3n) is 3.03. The van der Waals surface area contributed by atoms with E-state index in [2.05, 4.69) is 31.4 Å². The van der Waals surface area contributed by atoms with Crippen LogP contribution in [0.1, 0.15) is 5.89 Å². The van der Waals surface area contributed by atoms with E-state index in [4.69, 9.17) is 4.52 Å². The molecule has 7 heteroatoms. The fourth-order valence-corrected chi connectivity index (χ4v) is 2.48. The molecule has 1 amide bonds. The van der Waals surface area contributed by atoms with Gasteiger partial charge in [0.25, 0.3) is 0 Å². The van der Waals surface area contributed by atoms with E-state index in [0.717, 1.165) is 16.6 Å². The molecule has 1 fully saturated rings. The second kappa shape index (κ2) is 5.72. The molecule has 0 atom stereocenters. The Kier molecular flexibility index (Phi) is 3.79. The van der Waals surface area contributed by atoms with Gasteiger partial charge in [-0.2, -0.15) is 4.98 Å². The molecule has 2 heterocycles. The van der Waals surface area contributed by atoms with Crippen molar-refractivity contribution in [1.29, 1.82) is 0 Å². The van der Waals surface area contributed by atoms with Crippen LogP contribution in [0, 0.1) is 0 Å². The van der Waals surface area contributed by atoms with E-state index in [1.165, 1.54) is 0 Å². The lowest BCUT2D eigenvalue weighted by atomic mass is 10.2. The van der Waals surface area contributed by atoms with Crippen molar-refractivity contribution in [2.24, 2.45) is 0 Å². The third kappa shape index (κ3) is 3.05. The summed E-state index contributed by atoms with van der Waals surface area (Å²) in [5.74, 6) is 1.11. The Labute approximate surface area is 124 Å². The molecule has 1 aromatic heterocycles. The Hall–Kier alpha value is -1.73. The highest BCUT2D eigenvalue weighted by molar-refractivity contribution is 9.10. The molecular weight excluding hydrogens is 324 g/mol. The summed E-state index contributed by atoms with van der Waals surface area (Å²) in [5, 5.41) is 6.76. The highest BCUT2D eigenvalue weighted by Crippen LogP contribution is 2.20. The van der Waals surface area contributed by atoms with Crippen LogP contribution < -0.4 is 5.32 Å². The van der Waals surface area contributed by atoms with Gasteiger partial charge in [0.1, 0.15) is 0 Å². The molecule has 1 aromatic carbocycles. The van der Waals surface area contributed by atoms with E-state index in [-0.39, 0.29) is 5.91 Å². The van der Waals surface area contributed by atoms with Gasteiger partial charge in [0.2, 0.25) is 17.6 Å². The number of benzene rings is 1. The summed E-state index contributed by atoms with van der Waals surface area (Å²) in [5.41, 5.74) is 0.894. The van der Waals surface area contributed by atoms with E-state index >= 15 is 0 Å². The number of amides is 1. The number of carbonyl (C=O) groups excluding carboxylic acids is 1. The monoisotopic (exact) mass is 336 g/mol. The lowest BCUT2D eigenvalue weighted by molar-refractivity contribution is -0.124. The number of rotatable bonds is 3. The van der Waals surface area contributed by atoms with Crippen molar-refractivity contribution in [1.82, 2.24) is 20.4 Å². The molecule has 6 nitrogen and oxygen atoms in total. The van der Waals surface area contributed by atoms with Crippen molar-refractivity contribution in [3.63, 3.8) is 0 Å². The average molecular weight is 337 g/mol. The first-order chi connectivity index (χ1) is 9.70. The Morgan fingerprint density at radius 1 is 1.45 bits per heavy atom. The maximum absolute atomic E-state index is 11.3. The zero-order chi connectivity index (χ0) is 13.9. The van der Waals surface area contributed by atoms with E-state index in [1.54, 1.807) is 0 Å². The highest BCUT2D eigenvalue weighted by Gasteiger charge is 2.19. The van der Waals surface area contributed by atoms with Gasteiger partial charge < -0.3 is 9.84 Å². The lowest BCUT2D eigenvalue weighted by Gasteiger charge is -2.24. The number of nitrogens with one attached hydrogen (secondary N) is 1. The first kappa shape index (κ1) is 13.3. The molecule has 0 aliphatic carbocycles. The predicted molar refractivity (Wildman–Crippen MR) is 75.7 cm³/mol. The lowest BCUT2D eigenvalue weighted by Crippen LogP contribution is -2.47. The van der Waals surface area contributed by atoms with Gasteiger partial charge in [0.05, 0.1) is 13.1 Å². The normalized spacial score (nSPS) is 16.1. The van der Waals surface area contributed by atoms with Crippen LogP contribution in [0.15, 0.2) is 33.3 Å². The van der Waals surface area contributed by atoms with Crippen LogP contribution >= 0.6 is 15.9 Å². The Morgan fingerprint density at radius 2 is 2.35 bits per heavy atom. The van der Waals surface area contributed by atoms with Crippen molar-refractivity contribution in [2.45, 2.75) is 6.54 Å². The van der Waals surface area contributed by atoms with Gasteiger partial charge in [-0.15, -0.1) is 0 Å². The van der Waals surface area contributed by atoms with Crippen molar-refractivity contribution < 1.29 is 9.32 Å². The van der Waals surface area contributed by atoms with Crippen molar-refractivity contribution in [3.05, 3.63) is 34.6 Å². The van der Waals surface area contributed by atoms with E-state index in [9.17, 15) is 4.79 Å². The molecule has 0 bridgehead atoms. The molecule has 20 heavy (non-hydrogen) atoms. The number of halogens is 1. The number of carbonyl (C=O) groups is 1. The molecule has 104 valence electrons. The number of hydrogen-bond acceptors (Lipinski definition) is 5. The number of nitrogens with zero attached hydrogens (tertiary/aromatic N) is 3. The molecule has 0 unspecified atom stereocenters. The van der Waals surface area contributed by atoms with Crippen LogP contribution in [-0.2, 0) is 11.3 Å². The molecule has 0 radical (unpaired) electrons. The maximum Gasteiger partial charge on any atom is 0.241 e. The second-order valence-electron chi connectivity index (χ2n) is 4.58. The quantitative estimate of drug-likeness (QED) is 0.918. The molecule has 1 aliphatic heterocycles. The first-order valence-electron chi connectivity index (χ1n) is 6.28. The molecule has 1 N–H and O–H groups in total. The number of piperazine rings is 1. The predicted octanol–water partition coefficient (Wildman–Crippen LogP) is 1.43. The summed E-state index contributed by atoms with van der Waals surface area (Å²) in [6.07, 6.45) is 0. The van der Waals surface area contributed by atoms with Crippen molar-refractivity contribution in [3.8, 4) is 11.4 Å². The van der Waals surface area contributed by atoms with Crippen LogP contribution in [0.5, 0.6) is 0 Å². The highest BCUT2D eigenvalue weighted by atomic mass is 79.9. The molecule has 0 spiro atoms. The Balaban J connectivity index is 1.72. The van der Waals surface area contributed by atoms with Gasteiger partial charge in [-0.05, 0) is 12.1 Å². The summed E-state index contributed by atoms with van der Waals surface area (Å²) in [6.45, 7) is 2.31. The topological polar surface area (TPSA) is 71.3 Å². The molecule has 3 rings (SSSR count). The SMILES string of the molecule is O=C1CN(Cc2nc(-c3cccc(Br)c3)no2)CCN1. The summed E-state index contributed by atoms with van der Waals surface area (Å²) in [6, 6.07) is 7.72. The van der Waals surface area contributed by atoms with Crippen LogP contribution in [0.4, 0.5) is 0 Å². The van der Waals surface area contributed by atoms with E-state index < -0.39 is 0 Å². The maximum atomic E-state index is 11.3. The van der Waals surface area contributed by atoms with E-state index in [1.807, 2.05) is 29.2 Å². The summed E-state index contributed by atoms with van der Waals surface area (Å²) >= 11 is 3.41. The fraction of sp³-hybridized carbons (Fsp3) is 0.308. The van der Waals surface area contributed by atoms with Gasteiger partial charge in [-0.3, -0.25) is 9.69 Å². The van der Waals surface area contributed by atoms with Gasteiger partial charge in [-0.1, -0.05) is 33.2 Å². The van der Waals surface area contributed by atoms with Crippen LogP contribution in [-0.4, -0.2) is 40.6 Å². The summed E-state index contributed by atoms with van der Waals surface area (Å²) in [7, 11) is 0. The van der Waals surface area contributed by atoms with Crippen molar-refractivity contribution >= 4 is 21.8 Å². The largest absolute Gasteiger partial charge is 0.354 e. The van der Waals surface area contributed by atoms with Gasteiger partial charge in [-0.25, -0.2) is 0 Å². The molecule has 0 saturated carbocycles. The van der Waals surface area contributed by atoms with Gasteiger partial charge >= 0.3 is 0 Å². The molecule has 1 saturated heterocycles. The fourth-order valence-electron chi connectivity index (χ4n) is 2.08. The molecule has 2 aromatic rings.